The number of piperazine rings is 1. The molecule has 4 rings (SSSR count). The van der Waals surface area contributed by atoms with E-state index < -0.39 is 0 Å². The average Bonchev–Trinajstić information content (AvgIpc) is 2.76. The molecule has 0 bridgehead atoms. The van der Waals surface area contributed by atoms with Crippen LogP contribution in [0.3, 0.4) is 0 Å². The third kappa shape index (κ3) is 4.56. The second kappa shape index (κ2) is 8.67. The van der Waals surface area contributed by atoms with Crippen molar-refractivity contribution in [3.05, 3.63) is 90.3 Å². The number of carbonyl (C=O) groups excluding carboxylic acids is 1. The molecule has 142 valence electrons. The van der Waals surface area contributed by atoms with Crippen LogP contribution in [-0.2, 0) is 6.54 Å². The fourth-order valence-corrected chi connectivity index (χ4v) is 3.59. The van der Waals surface area contributed by atoms with Gasteiger partial charge in [0.25, 0.3) is 5.91 Å². The van der Waals surface area contributed by atoms with E-state index in [1.165, 1.54) is 11.3 Å². The molecular weight excluding hydrogens is 348 g/mol. The number of benzene rings is 2. The van der Waals surface area contributed by atoms with E-state index in [1.54, 1.807) is 23.2 Å². The summed E-state index contributed by atoms with van der Waals surface area (Å²) in [4.78, 5) is 20.3. The molecule has 28 heavy (non-hydrogen) atoms. The summed E-state index contributed by atoms with van der Waals surface area (Å²) in [5.74, 6) is -0.188. The first-order valence-electron chi connectivity index (χ1n) is 9.73. The number of amides is 1. The highest BCUT2D eigenvalue weighted by Gasteiger charge is 2.20. The zero-order valence-corrected chi connectivity index (χ0v) is 15.8. The lowest BCUT2D eigenvalue weighted by atomic mass is 10.2. The van der Waals surface area contributed by atoms with Crippen molar-refractivity contribution in [1.82, 2.24) is 4.98 Å². The summed E-state index contributed by atoms with van der Waals surface area (Å²) in [6, 6.07) is 24.1. The number of hydrogen-bond acceptors (Lipinski definition) is 3. The molecule has 0 aliphatic carbocycles. The molecule has 2 heterocycles. The molecule has 1 aliphatic rings. The lowest BCUT2D eigenvalue weighted by Crippen LogP contribution is -3.13. The van der Waals surface area contributed by atoms with Crippen molar-refractivity contribution in [2.45, 2.75) is 6.54 Å². The Morgan fingerprint density at radius 1 is 0.929 bits per heavy atom. The van der Waals surface area contributed by atoms with Crippen molar-refractivity contribution < 1.29 is 9.69 Å². The summed E-state index contributed by atoms with van der Waals surface area (Å²) in [7, 11) is 0. The lowest BCUT2D eigenvalue weighted by molar-refractivity contribution is -0.914. The zero-order chi connectivity index (χ0) is 19.2. The van der Waals surface area contributed by atoms with Crippen LogP contribution in [0, 0.1) is 0 Å². The minimum Gasteiger partial charge on any atom is -0.360 e. The summed E-state index contributed by atoms with van der Waals surface area (Å²) in [5.41, 5.74) is 3.81. The number of nitrogens with one attached hydrogen (secondary N) is 2. The molecule has 2 aromatic carbocycles. The van der Waals surface area contributed by atoms with Crippen LogP contribution in [0.25, 0.3) is 0 Å². The summed E-state index contributed by atoms with van der Waals surface area (Å²) in [5, 5.41) is 2.90. The Hall–Kier alpha value is -3.18. The van der Waals surface area contributed by atoms with E-state index in [0.29, 0.717) is 5.69 Å². The highest BCUT2D eigenvalue weighted by atomic mass is 16.1. The van der Waals surface area contributed by atoms with Gasteiger partial charge in [-0.2, -0.15) is 0 Å². The average molecular weight is 373 g/mol. The van der Waals surface area contributed by atoms with Gasteiger partial charge in [-0.05, 0) is 36.4 Å². The van der Waals surface area contributed by atoms with Crippen LogP contribution in [0.15, 0.2) is 79.0 Å². The number of pyridine rings is 1. The highest BCUT2D eigenvalue weighted by Crippen LogP contribution is 2.18. The van der Waals surface area contributed by atoms with Gasteiger partial charge in [0, 0.05) is 23.1 Å². The molecular formula is C23H25N4O+. The molecule has 0 unspecified atom stereocenters. The summed E-state index contributed by atoms with van der Waals surface area (Å²) >= 11 is 0. The van der Waals surface area contributed by atoms with Crippen LogP contribution in [0.2, 0.25) is 0 Å². The first-order valence-corrected chi connectivity index (χ1v) is 9.73. The van der Waals surface area contributed by atoms with E-state index in [0.717, 1.165) is 38.4 Å². The molecule has 3 aromatic rings. The van der Waals surface area contributed by atoms with Crippen molar-refractivity contribution in [2.75, 3.05) is 36.4 Å². The Morgan fingerprint density at radius 2 is 1.64 bits per heavy atom. The van der Waals surface area contributed by atoms with E-state index in [2.05, 4.69) is 57.7 Å². The van der Waals surface area contributed by atoms with Gasteiger partial charge in [0.15, 0.2) is 0 Å². The third-order valence-corrected chi connectivity index (χ3v) is 5.16. The van der Waals surface area contributed by atoms with E-state index in [9.17, 15) is 4.79 Å². The Kier molecular flexibility index (Phi) is 5.64. The summed E-state index contributed by atoms with van der Waals surface area (Å²) in [6.45, 7) is 5.44. The SMILES string of the molecule is O=C(Nc1ccc(N2CC[NH+](Cc3ccccc3)CC2)cc1)c1ccccn1. The molecule has 1 aromatic heterocycles. The Labute approximate surface area is 165 Å². The topological polar surface area (TPSA) is 49.7 Å². The molecule has 0 atom stereocenters. The lowest BCUT2D eigenvalue weighted by Gasteiger charge is -2.33. The van der Waals surface area contributed by atoms with Crippen LogP contribution >= 0.6 is 0 Å². The Balaban J connectivity index is 1.30. The van der Waals surface area contributed by atoms with E-state index in [-0.39, 0.29) is 5.91 Å². The molecule has 1 amide bonds. The van der Waals surface area contributed by atoms with Crippen LogP contribution in [0.1, 0.15) is 16.1 Å². The van der Waals surface area contributed by atoms with Gasteiger partial charge in [0.2, 0.25) is 0 Å². The van der Waals surface area contributed by atoms with Gasteiger partial charge in [0.1, 0.15) is 12.2 Å². The quantitative estimate of drug-likeness (QED) is 0.721. The molecule has 0 spiro atoms. The number of hydrogen-bond donors (Lipinski definition) is 2. The predicted octanol–water partition coefficient (Wildman–Crippen LogP) is 2.24. The first-order chi connectivity index (χ1) is 13.8. The van der Waals surface area contributed by atoms with Crippen molar-refractivity contribution in [3.8, 4) is 0 Å². The molecule has 5 nitrogen and oxygen atoms in total. The highest BCUT2D eigenvalue weighted by molar-refractivity contribution is 6.02. The number of aromatic nitrogens is 1. The summed E-state index contributed by atoms with van der Waals surface area (Å²) < 4.78 is 0. The van der Waals surface area contributed by atoms with Crippen LogP contribution in [-0.4, -0.2) is 37.1 Å². The maximum Gasteiger partial charge on any atom is 0.274 e. The van der Waals surface area contributed by atoms with Crippen molar-refractivity contribution >= 4 is 17.3 Å². The largest absolute Gasteiger partial charge is 0.360 e. The fraction of sp³-hybridized carbons (Fsp3) is 0.217. The number of anilines is 2. The maximum atomic E-state index is 12.2. The first kappa shape index (κ1) is 18.2. The monoisotopic (exact) mass is 373 g/mol. The normalized spacial score (nSPS) is 14.6. The van der Waals surface area contributed by atoms with E-state index in [1.807, 2.05) is 18.2 Å². The van der Waals surface area contributed by atoms with Gasteiger partial charge < -0.3 is 15.1 Å². The summed E-state index contributed by atoms with van der Waals surface area (Å²) in [6.07, 6.45) is 1.62. The van der Waals surface area contributed by atoms with Crippen LogP contribution < -0.4 is 15.1 Å². The van der Waals surface area contributed by atoms with Crippen LogP contribution in [0.5, 0.6) is 0 Å². The smallest absolute Gasteiger partial charge is 0.274 e. The number of nitrogens with zero attached hydrogens (tertiary/aromatic N) is 2. The second-order valence-corrected chi connectivity index (χ2v) is 7.12. The zero-order valence-electron chi connectivity index (χ0n) is 15.8. The molecule has 1 fully saturated rings. The van der Waals surface area contributed by atoms with E-state index >= 15 is 0 Å². The van der Waals surface area contributed by atoms with Crippen molar-refractivity contribution in [1.29, 1.82) is 0 Å². The Bertz CT molecular complexity index is 889. The molecule has 0 radical (unpaired) electrons. The Morgan fingerprint density at radius 3 is 2.32 bits per heavy atom. The minimum atomic E-state index is -0.188. The minimum absolute atomic E-state index is 0.188. The van der Waals surface area contributed by atoms with E-state index in [4.69, 9.17) is 0 Å². The van der Waals surface area contributed by atoms with Crippen molar-refractivity contribution in [3.63, 3.8) is 0 Å². The third-order valence-electron chi connectivity index (χ3n) is 5.16. The standard InChI is InChI=1S/C23H24N4O/c28-23(22-8-4-5-13-24-22)25-20-9-11-21(12-10-20)27-16-14-26(15-17-27)18-19-6-2-1-3-7-19/h1-13H,14-18H2,(H,25,28)/p+1. The predicted molar refractivity (Wildman–Crippen MR) is 112 cm³/mol. The fourth-order valence-electron chi connectivity index (χ4n) is 3.59. The maximum absolute atomic E-state index is 12.2. The van der Waals surface area contributed by atoms with Gasteiger partial charge in [0.05, 0.1) is 26.2 Å². The number of rotatable bonds is 5. The molecule has 1 saturated heterocycles. The van der Waals surface area contributed by atoms with Gasteiger partial charge in [-0.3, -0.25) is 9.78 Å². The van der Waals surface area contributed by atoms with Gasteiger partial charge in [-0.25, -0.2) is 0 Å². The molecule has 1 aliphatic heterocycles. The second-order valence-electron chi connectivity index (χ2n) is 7.12. The van der Waals surface area contributed by atoms with Crippen molar-refractivity contribution in [2.24, 2.45) is 0 Å². The molecule has 5 heteroatoms. The molecule has 0 saturated carbocycles. The van der Waals surface area contributed by atoms with Gasteiger partial charge in [-0.1, -0.05) is 36.4 Å². The number of quaternary nitrogens is 1. The van der Waals surface area contributed by atoms with Gasteiger partial charge in [-0.15, -0.1) is 0 Å². The molecule has 2 N–H and O–H groups in total. The van der Waals surface area contributed by atoms with Gasteiger partial charge >= 0.3 is 0 Å². The number of carbonyl (C=O) groups is 1. The van der Waals surface area contributed by atoms with Crippen LogP contribution in [0.4, 0.5) is 11.4 Å².